The molecule has 0 saturated carbocycles. The van der Waals surface area contributed by atoms with Gasteiger partial charge in [-0.15, -0.1) is 6.58 Å². The Balaban J connectivity index is 1.91. The number of hydrogen-bond donors (Lipinski definition) is 2. The van der Waals surface area contributed by atoms with Gasteiger partial charge in [-0.2, -0.15) is 0 Å². The summed E-state index contributed by atoms with van der Waals surface area (Å²) in [6, 6.07) is 6.49. The highest BCUT2D eigenvalue weighted by Gasteiger charge is 2.22. The van der Waals surface area contributed by atoms with E-state index in [1.165, 1.54) is 22.0 Å². The lowest BCUT2D eigenvalue weighted by atomic mass is 10.0. The lowest BCUT2D eigenvalue weighted by molar-refractivity contribution is 0.177. The van der Waals surface area contributed by atoms with E-state index >= 15 is 0 Å². The van der Waals surface area contributed by atoms with Gasteiger partial charge in [-0.1, -0.05) is 12.1 Å². The molecule has 3 rings (SSSR count). The van der Waals surface area contributed by atoms with Crippen LogP contribution in [0.15, 0.2) is 37.1 Å². The largest absolute Gasteiger partial charge is 0.447 e. The summed E-state index contributed by atoms with van der Waals surface area (Å²) in [6.45, 7) is 5.66. The molecular weight excluding hydrogens is 278 g/mol. The van der Waals surface area contributed by atoms with E-state index in [1.807, 2.05) is 6.08 Å². The molecule has 1 aliphatic heterocycles. The molecular formula is C17H21N3O2. The summed E-state index contributed by atoms with van der Waals surface area (Å²) in [4.78, 5) is 11.1. The molecule has 116 valence electrons. The van der Waals surface area contributed by atoms with Crippen molar-refractivity contribution in [3.63, 3.8) is 0 Å². The number of carbonyl (C=O) groups excluding carboxylic acids is 1. The van der Waals surface area contributed by atoms with Crippen molar-refractivity contribution in [2.75, 3.05) is 13.2 Å². The fourth-order valence-corrected chi connectivity index (χ4v) is 3.01. The number of rotatable bonds is 6. The number of benzene rings is 1. The minimum atomic E-state index is -0.327. The maximum atomic E-state index is 11.1. The molecule has 0 bridgehead atoms. The number of hydrogen-bond acceptors (Lipinski definition) is 3. The first-order valence-electron chi connectivity index (χ1n) is 7.56. The molecule has 0 aliphatic carbocycles. The van der Waals surface area contributed by atoms with E-state index in [0.29, 0.717) is 13.2 Å². The monoisotopic (exact) mass is 299 g/mol. The van der Waals surface area contributed by atoms with Gasteiger partial charge in [0.2, 0.25) is 0 Å². The van der Waals surface area contributed by atoms with Crippen molar-refractivity contribution in [3.05, 3.63) is 48.2 Å². The Morgan fingerprint density at radius 2 is 2.36 bits per heavy atom. The van der Waals surface area contributed by atoms with Crippen LogP contribution >= 0.6 is 0 Å². The Morgan fingerprint density at radius 1 is 1.50 bits per heavy atom. The van der Waals surface area contributed by atoms with Crippen LogP contribution in [0.25, 0.3) is 10.9 Å². The highest BCUT2D eigenvalue weighted by Crippen LogP contribution is 2.24. The number of allylic oxidation sites excluding steroid dienone is 1. The highest BCUT2D eigenvalue weighted by atomic mass is 16.6. The number of amides is 1. The van der Waals surface area contributed by atoms with Crippen molar-refractivity contribution in [2.24, 2.45) is 5.73 Å². The normalized spacial score (nSPS) is 17.5. The molecule has 5 heteroatoms. The van der Waals surface area contributed by atoms with Gasteiger partial charge in [-0.25, -0.2) is 4.79 Å². The number of alkyl carbamates (subject to hydrolysis) is 1. The summed E-state index contributed by atoms with van der Waals surface area (Å²) >= 11 is 0. The van der Waals surface area contributed by atoms with Crippen LogP contribution in [-0.4, -0.2) is 29.9 Å². The lowest BCUT2D eigenvalue weighted by Gasteiger charge is -2.08. The van der Waals surface area contributed by atoms with E-state index in [2.05, 4.69) is 40.9 Å². The summed E-state index contributed by atoms with van der Waals surface area (Å²) in [6.07, 6.45) is 5.35. The quantitative estimate of drug-likeness (QED) is 0.801. The molecule has 1 aromatic carbocycles. The van der Waals surface area contributed by atoms with E-state index < -0.39 is 0 Å². The molecule has 3 N–H and O–H groups in total. The SMILES string of the molecule is C=CCn1cc(CCN)c2cc(CC3COC(=O)N3)ccc21. The third kappa shape index (κ3) is 2.85. The molecule has 1 aliphatic rings. The van der Waals surface area contributed by atoms with Gasteiger partial charge < -0.3 is 20.4 Å². The number of nitrogens with two attached hydrogens (primary N) is 1. The second-order valence-electron chi connectivity index (χ2n) is 5.63. The molecule has 1 unspecified atom stereocenters. The summed E-state index contributed by atoms with van der Waals surface area (Å²) in [5.41, 5.74) is 9.37. The van der Waals surface area contributed by atoms with Crippen molar-refractivity contribution in [3.8, 4) is 0 Å². The summed E-state index contributed by atoms with van der Waals surface area (Å²) in [5, 5.41) is 4.05. The number of nitrogens with one attached hydrogen (secondary N) is 1. The third-order valence-electron chi connectivity index (χ3n) is 3.99. The van der Waals surface area contributed by atoms with Crippen molar-refractivity contribution in [2.45, 2.75) is 25.4 Å². The topological polar surface area (TPSA) is 69.3 Å². The van der Waals surface area contributed by atoms with Crippen molar-refractivity contribution >= 4 is 17.0 Å². The molecule has 1 saturated heterocycles. The fourth-order valence-electron chi connectivity index (χ4n) is 3.01. The maximum absolute atomic E-state index is 11.1. The third-order valence-corrected chi connectivity index (χ3v) is 3.99. The molecule has 22 heavy (non-hydrogen) atoms. The van der Waals surface area contributed by atoms with E-state index in [9.17, 15) is 4.79 Å². The second kappa shape index (κ2) is 6.23. The van der Waals surface area contributed by atoms with E-state index in [-0.39, 0.29) is 12.1 Å². The van der Waals surface area contributed by atoms with Gasteiger partial charge in [0, 0.05) is 23.6 Å². The van der Waals surface area contributed by atoms with Crippen LogP contribution < -0.4 is 11.1 Å². The van der Waals surface area contributed by atoms with Gasteiger partial charge in [0.15, 0.2) is 0 Å². The lowest BCUT2D eigenvalue weighted by Crippen LogP contribution is -2.28. The van der Waals surface area contributed by atoms with Gasteiger partial charge in [0.25, 0.3) is 0 Å². The van der Waals surface area contributed by atoms with Gasteiger partial charge in [-0.05, 0) is 42.6 Å². The van der Waals surface area contributed by atoms with Crippen molar-refractivity contribution in [1.82, 2.24) is 9.88 Å². The van der Waals surface area contributed by atoms with Crippen molar-refractivity contribution < 1.29 is 9.53 Å². The smallest absolute Gasteiger partial charge is 0.407 e. The molecule has 0 radical (unpaired) electrons. The standard InChI is InChI=1S/C17H21N3O2/c1-2-7-20-10-13(5-6-18)15-9-12(3-4-16(15)20)8-14-11-22-17(21)19-14/h2-4,9-10,14H,1,5-8,11,18H2,(H,19,21). The average Bonchev–Trinajstić information content (AvgIpc) is 3.05. The second-order valence-corrected chi connectivity index (χ2v) is 5.63. The van der Waals surface area contributed by atoms with E-state index in [4.69, 9.17) is 10.5 Å². The molecule has 1 amide bonds. The van der Waals surface area contributed by atoms with Crippen LogP contribution in [0.3, 0.4) is 0 Å². The minimum Gasteiger partial charge on any atom is -0.447 e. The molecule has 5 nitrogen and oxygen atoms in total. The molecule has 1 fully saturated rings. The van der Waals surface area contributed by atoms with E-state index in [1.54, 1.807) is 0 Å². The van der Waals surface area contributed by atoms with Gasteiger partial charge in [-0.3, -0.25) is 0 Å². The summed E-state index contributed by atoms with van der Waals surface area (Å²) in [5.74, 6) is 0. The average molecular weight is 299 g/mol. The first kappa shape index (κ1) is 14.7. The van der Waals surface area contributed by atoms with E-state index in [0.717, 1.165) is 19.4 Å². The predicted octanol–water partition coefficient (Wildman–Crippen LogP) is 1.98. The zero-order chi connectivity index (χ0) is 15.5. The zero-order valence-electron chi connectivity index (χ0n) is 12.5. The molecule has 1 atom stereocenters. The Bertz CT molecular complexity index is 705. The minimum absolute atomic E-state index is 0.0539. The maximum Gasteiger partial charge on any atom is 0.407 e. The van der Waals surface area contributed by atoms with Gasteiger partial charge in [0.1, 0.15) is 6.61 Å². The Morgan fingerprint density at radius 3 is 3.05 bits per heavy atom. The molecule has 2 aromatic rings. The molecule has 0 spiro atoms. The fraction of sp³-hybridized carbons (Fsp3) is 0.353. The predicted molar refractivity (Wildman–Crippen MR) is 86.9 cm³/mol. The van der Waals surface area contributed by atoms with Crippen molar-refractivity contribution in [1.29, 1.82) is 0 Å². The number of ether oxygens (including phenoxy) is 1. The highest BCUT2D eigenvalue weighted by molar-refractivity contribution is 5.85. The van der Waals surface area contributed by atoms with Crippen LogP contribution in [0.5, 0.6) is 0 Å². The first-order chi connectivity index (χ1) is 10.7. The van der Waals surface area contributed by atoms with Crippen LogP contribution in [-0.2, 0) is 24.1 Å². The number of fused-ring (bicyclic) bond motifs is 1. The molecule has 2 heterocycles. The number of nitrogens with zero attached hydrogens (tertiary/aromatic N) is 1. The van der Waals surface area contributed by atoms with Crippen LogP contribution in [0.2, 0.25) is 0 Å². The number of carbonyl (C=O) groups is 1. The van der Waals surface area contributed by atoms with Gasteiger partial charge >= 0.3 is 6.09 Å². The Labute approximate surface area is 129 Å². The van der Waals surface area contributed by atoms with Crippen LogP contribution in [0.1, 0.15) is 11.1 Å². The molecule has 1 aromatic heterocycles. The Hall–Kier alpha value is -2.27. The van der Waals surface area contributed by atoms with Gasteiger partial charge in [0.05, 0.1) is 6.04 Å². The van der Waals surface area contributed by atoms with Crippen LogP contribution in [0.4, 0.5) is 4.79 Å². The number of cyclic esters (lactones) is 1. The summed E-state index contributed by atoms with van der Waals surface area (Å²) in [7, 11) is 0. The first-order valence-corrected chi connectivity index (χ1v) is 7.56. The Kier molecular flexibility index (Phi) is 4.15. The number of aromatic nitrogens is 1. The summed E-state index contributed by atoms with van der Waals surface area (Å²) < 4.78 is 7.13. The zero-order valence-corrected chi connectivity index (χ0v) is 12.5. The van der Waals surface area contributed by atoms with Crippen LogP contribution in [0, 0.1) is 0 Å².